The van der Waals surface area contributed by atoms with Crippen LogP contribution in [0.25, 0.3) is 33.3 Å². The summed E-state index contributed by atoms with van der Waals surface area (Å²) in [6.45, 7) is 0. The molecule has 0 fully saturated rings. The molecule has 4 aromatic rings. The number of methoxy groups -OCH3 is 2. The van der Waals surface area contributed by atoms with Gasteiger partial charge in [-0.05, 0) is 35.4 Å². The Bertz CT molecular complexity index is 1100. The minimum absolute atomic E-state index is 0.350. The SMILES string of the molecule is COC(=O)c1ccc(-c2ccc(-c3ccc(OC)cc3)c3nsnc23)cc1. The van der Waals surface area contributed by atoms with Gasteiger partial charge in [0.25, 0.3) is 0 Å². The average Bonchev–Trinajstić information content (AvgIpc) is 3.23. The maximum Gasteiger partial charge on any atom is 0.337 e. The van der Waals surface area contributed by atoms with Gasteiger partial charge in [0.1, 0.15) is 16.8 Å². The van der Waals surface area contributed by atoms with Crippen molar-refractivity contribution in [3.63, 3.8) is 0 Å². The standard InChI is InChI=1S/C21H16N2O3S/c1-25-16-9-7-14(8-10-16)18-12-11-17(19-20(18)23-27-22-19)13-3-5-15(6-4-13)21(24)26-2/h3-12H,1-2H3. The van der Waals surface area contributed by atoms with E-state index in [0.717, 1.165) is 39.0 Å². The molecule has 0 amide bonds. The molecule has 3 aromatic carbocycles. The first kappa shape index (κ1) is 17.2. The van der Waals surface area contributed by atoms with Crippen molar-refractivity contribution >= 4 is 28.7 Å². The largest absolute Gasteiger partial charge is 0.497 e. The van der Waals surface area contributed by atoms with E-state index >= 15 is 0 Å². The molecule has 1 heterocycles. The Hall–Kier alpha value is -3.25. The van der Waals surface area contributed by atoms with Crippen LogP contribution in [0, 0.1) is 0 Å². The number of carbonyl (C=O) groups excluding carboxylic acids is 1. The van der Waals surface area contributed by atoms with Crippen molar-refractivity contribution in [2.75, 3.05) is 14.2 Å². The summed E-state index contributed by atoms with van der Waals surface area (Å²) in [6.07, 6.45) is 0. The summed E-state index contributed by atoms with van der Waals surface area (Å²) in [5.41, 5.74) is 6.26. The summed E-state index contributed by atoms with van der Waals surface area (Å²) < 4.78 is 19.0. The second kappa shape index (κ2) is 7.17. The van der Waals surface area contributed by atoms with E-state index in [1.54, 1.807) is 19.2 Å². The van der Waals surface area contributed by atoms with Crippen molar-refractivity contribution < 1.29 is 14.3 Å². The van der Waals surface area contributed by atoms with E-state index in [9.17, 15) is 4.79 Å². The number of nitrogens with zero attached hydrogens (tertiary/aromatic N) is 2. The number of rotatable bonds is 4. The molecular weight excluding hydrogens is 360 g/mol. The predicted molar refractivity (Wildman–Crippen MR) is 106 cm³/mol. The van der Waals surface area contributed by atoms with E-state index in [0.29, 0.717) is 5.56 Å². The second-order valence-electron chi connectivity index (χ2n) is 5.92. The molecule has 0 saturated heterocycles. The first-order valence-corrected chi connectivity index (χ1v) is 9.02. The lowest BCUT2D eigenvalue weighted by atomic mass is 9.97. The summed E-state index contributed by atoms with van der Waals surface area (Å²) in [4.78, 5) is 11.6. The minimum Gasteiger partial charge on any atom is -0.497 e. The molecule has 0 aliphatic carbocycles. The van der Waals surface area contributed by atoms with Crippen LogP contribution < -0.4 is 4.74 Å². The quantitative estimate of drug-likeness (QED) is 0.478. The van der Waals surface area contributed by atoms with E-state index in [1.165, 1.54) is 18.8 Å². The van der Waals surface area contributed by atoms with E-state index in [-0.39, 0.29) is 5.97 Å². The number of benzene rings is 3. The summed E-state index contributed by atoms with van der Waals surface area (Å²) in [7, 11) is 3.02. The maximum atomic E-state index is 11.6. The van der Waals surface area contributed by atoms with E-state index in [1.807, 2.05) is 42.5 Å². The third-order valence-corrected chi connectivity index (χ3v) is 4.96. The Morgan fingerprint density at radius 3 is 1.78 bits per heavy atom. The second-order valence-corrected chi connectivity index (χ2v) is 6.45. The molecule has 0 spiro atoms. The molecule has 0 unspecified atom stereocenters. The van der Waals surface area contributed by atoms with Gasteiger partial charge in [-0.1, -0.05) is 36.4 Å². The molecule has 27 heavy (non-hydrogen) atoms. The molecule has 0 aliphatic rings. The van der Waals surface area contributed by atoms with Crippen molar-refractivity contribution in [3.8, 4) is 28.0 Å². The topological polar surface area (TPSA) is 61.3 Å². The highest BCUT2D eigenvalue weighted by atomic mass is 32.1. The van der Waals surface area contributed by atoms with Crippen LogP contribution in [0.2, 0.25) is 0 Å². The zero-order chi connectivity index (χ0) is 18.8. The van der Waals surface area contributed by atoms with Gasteiger partial charge in [-0.15, -0.1) is 0 Å². The number of esters is 1. The Kier molecular flexibility index (Phi) is 4.56. The first-order valence-electron chi connectivity index (χ1n) is 8.29. The third-order valence-electron chi connectivity index (χ3n) is 4.43. The lowest BCUT2D eigenvalue weighted by molar-refractivity contribution is 0.0601. The van der Waals surface area contributed by atoms with E-state index in [2.05, 4.69) is 14.8 Å². The van der Waals surface area contributed by atoms with Crippen LogP contribution >= 0.6 is 11.7 Å². The molecule has 0 aliphatic heterocycles. The lowest BCUT2D eigenvalue weighted by Gasteiger charge is -2.08. The van der Waals surface area contributed by atoms with Crippen LogP contribution in [0.15, 0.2) is 60.7 Å². The minimum atomic E-state index is -0.350. The fourth-order valence-electron chi connectivity index (χ4n) is 3.01. The van der Waals surface area contributed by atoms with Gasteiger partial charge in [-0.3, -0.25) is 0 Å². The van der Waals surface area contributed by atoms with Crippen LogP contribution in [0.1, 0.15) is 10.4 Å². The van der Waals surface area contributed by atoms with Gasteiger partial charge in [0.05, 0.1) is 31.5 Å². The highest BCUT2D eigenvalue weighted by Crippen LogP contribution is 2.35. The lowest BCUT2D eigenvalue weighted by Crippen LogP contribution is -2.00. The van der Waals surface area contributed by atoms with Gasteiger partial charge in [-0.25, -0.2) is 4.79 Å². The Morgan fingerprint density at radius 1 is 0.778 bits per heavy atom. The van der Waals surface area contributed by atoms with Gasteiger partial charge in [0, 0.05) is 11.1 Å². The third kappa shape index (κ3) is 3.15. The molecule has 0 N–H and O–H groups in total. The number of carbonyl (C=O) groups is 1. The highest BCUT2D eigenvalue weighted by Gasteiger charge is 2.14. The molecule has 134 valence electrons. The van der Waals surface area contributed by atoms with Crippen LogP contribution in [-0.2, 0) is 4.74 Å². The van der Waals surface area contributed by atoms with Crippen molar-refractivity contribution in [2.24, 2.45) is 0 Å². The fraction of sp³-hybridized carbons (Fsp3) is 0.0952. The van der Waals surface area contributed by atoms with Crippen molar-refractivity contribution in [1.29, 1.82) is 0 Å². The Balaban J connectivity index is 1.78. The van der Waals surface area contributed by atoms with Crippen LogP contribution in [0.3, 0.4) is 0 Å². The van der Waals surface area contributed by atoms with Crippen molar-refractivity contribution in [1.82, 2.24) is 8.75 Å². The van der Waals surface area contributed by atoms with E-state index in [4.69, 9.17) is 9.47 Å². The first-order chi connectivity index (χ1) is 13.2. The molecule has 0 radical (unpaired) electrons. The summed E-state index contributed by atoms with van der Waals surface area (Å²) in [5, 5.41) is 0. The van der Waals surface area contributed by atoms with Gasteiger partial charge in [0.15, 0.2) is 0 Å². The van der Waals surface area contributed by atoms with Gasteiger partial charge < -0.3 is 9.47 Å². The zero-order valence-corrected chi connectivity index (χ0v) is 15.6. The monoisotopic (exact) mass is 376 g/mol. The molecule has 0 saturated carbocycles. The number of hydrogen-bond acceptors (Lipinski definition) is 6. The van der Waals surface area contributed by atoms with Gasteiger partial charge >= 0.3 is 5.97 Å². The Morgan fingerprint density at radius 2 is 1.30 bits per heavy atom. The molecule has 5 nitrogen and oxygen atoms in total. The molecule has 6 heteroatoms. The number of fused-ring (bicyclic) bond motifs is 1. The number of ether oxygens (including phenoxy) is 2. The average molecular weight is 376 g/mol. The van der Waals surface area contributed by atoms with Crippen molar-refractivity contribution in [3.05, 3.63) is 66.2 Å². The Labute approximate surface area is 160 Å². The van der Waals surface area contributed by atoms with Crippen LogP contribution in [0.5, 0.6) is 5.75 Å². The molecule has 1 aromatic heterocycles. The molecule has 0 bridgehead atoms. The van der Waals surface area contributed by atoms with Crippen molar-refractivity contribution in [2.45, 2.75) is 0 Å². The maximum absolute atomic E-state index is 11.6. The van der Waals surface area contributed by atoms with Gasteiger partial charge in [0.2, 0.25) is 0 Å². The summed E-state index contributed by atoms with van der Waals surface area (Å²) >= 11 is 1.19. The normalized spacial score (nSPS) is 10.7. The van der Waals surface area contributed by atoms with Crippen LogP contribution in [0.4, 0.5) is 0 Å². The molecular formula is C21H16N2O3S. The highest BCUT2D eigenvalue weighted by molar-refractivity contribution is 7.00. The zero-order valence-electron chi connectivity index (χ0n) is 14.8. The predicted octanol–water partition coefficient (Wildman–Crippen LogP) is 4.82. The summed E-state index contributed by atoms with van der Waals surface area (Å²) in [6, 6.07) is 19.3. The van der Waals surface area contributed by atoms with Crippen LogP contribution in [-0.4, -0.2) is 28.9 Å². The smallest absolute Gasteiger partial charge is 0.337 e. The fourth-order valence-corrected chi connectivity index (χ4v) is 3.58. The molecule has 4 rings (SSSR count). The number of hydrogen-bond donors (Lipinski definition) is 0. The molecule has 0 atom stereocenters. The summed E-state index contributed by atoms with van der Waals surface area (Å²) in [5.74, 6) is 0.464. The number of aromatic nitrogens is 2. The van der Waals surface area contributed by atoms with Gasteiger partial charge in [-0.2, -0.15) is 8.75 Å². The van der Waals surface area contributed by atoms with E-state index < -0.39 is 0 Å².